The van der Waals surface area contributed by atoms with E-state index >= 15 is 0 Å². The van der Waals surface area contributed by atoms with Gasteiger partial charge in [0.2, 0.25) is 5.91 Å². The van der Waals surface area contributed by atoms with E-state index < -0.39 is 6.04 Å². The number of halogens is 1. The third-order valence-corrected chi connectivity index (χ3v) is 4.52. The Hall–Kier alpha value is -1.83. The number of nitrogens with zero attached hydrogens (tertiary/aromatic N) is 2. The van der Waals surface area contributed by atoms with Crippen LogP contribution in [0.1, 0.15) is 26.9 Å². The maximum Gasteiger partial charge on any atom is 1.00 e. The topological polar surface area (TPSA) is 71.1 Å². The Morgan fingerprint density at radius 2 is 2.08 bits per heavy atom. The number of amides is 2. The van der Waals surface area contributed by atoms with Gasteiger partial charge in [-0.05, 0) is 25.1 Å². The van der Waals surface area contributed by atoms with Gasteiger partial charge in [0.15, 0.2) is 0 Å². The Balaban J connectivity index is 0.00000182. The highest BCUT2D eigenvalue weighted by Gasteiger charge is 2.38. The number of fused-ring (bicyclic) bond motifs is 1. The molecule has 2 amide bonds. The fraction of sp³-hybridized carbons (Fsp3) is 0.556. The van der Waals surface area contributed by atoms with E-state index in [4.69, 9.17) is 9.47 Å². The highest BCUT2D eigenvalue weighted by atomic mass is 35.5. The first-order chi connectivity index (χ1) is 12.1. The standard InChI is InChI=1S/C18H25N3O4.ClH/c1-3-25-14-4-5-16-15(12-14)17(19-13(2)22)18(23)21(16)7-6-20-8-10-24-11-9-20;/h4-5,12,17H,3,6-11H2,1-2H3,(H,19,22);1H. The summed E-state index contributed by atoms with van der Waals surface area (Å²) in [4.78, 5) is 28.5. The summed E-state index contributed by atoms with van der Waals surface area (Å²) in [6, 6.07) is 4.98. The highest BCUT2D eigenvalue weighted by Crippen LogP contribution is 2.38. The van der Waals surface area contributed by atoms with Crippen molar-refractivity contribution in [1.29, 1.82) is 0 Å². The third kappa shape index (κ3) is 4.47. The lowest BCUT2D eigenvalue weighted by Crippen LogP contribution is -3.00. The molecule has 8 heteroatoms. The number of carbonyl (C=O) groups is 2. The molecule has 7 nitrogen and oxygen atoms in total. The number of benzene rings is 1. The molecule has 144 valence electrons. The maximum absolute atomic E-state index is 12.9. The van der Waals surface area contributed by atoms with Gasteiger partial charge in [-0.15, -0.1) is 0 Å². The number of hydrogen-bond acceptors (Lipinski definition) is 5. The zero-order chi connectivity index (χ0) is 17.8. The van der Waals surface area contributed by atoms with E-state index in [0.717, 1.165) is 44.1 Å². The Morgan fingerprint density at radius 3 is 2.73 bits per heavy atom. The molecule has 0 spiro atoms. The molecule has 2 aliphatic heterocycles. The van der Waals surface area contributed by atoms with Crippen LogP contribution in [0.25, 0.3) is 0 Å². The number of carbonyl (C=O) groups excluding carboxylic acids is 2. The van der Waals surface area contributed by atoms with Crippen molar-refractivity contribution < 1.29 is 32.9 Å². The molecule has 2 heterocycles. The average Bonchev–Trinajstić information content (AvgIpc) is 2.85. The van der Waals surface area contributed by atoms with Crippen LogP contribution in [0.15, 0.2) is 18.2 Å². The molecule has 0 radical (unpaired) electrons. The minimum absolute atomic E-state index is 0. The molecule has 1 saturated heterocycles. The first-order valence-corrected chi connectivity index (χ1v) is 8.75. The van der Waals surface area contributed by atoms with Crippen molar-refractivity contribution in [3.8, 4) is 5.75 Å². The van der Waals surface area contributed by atoms with Crippen LogP contribution in [0.2, 0.25) is 0 Å². The third-order valence-electron chi connectivity index (χ3n) is 4.52. The van der Waals surface area contributed by atoms with Gasteiger partial charge in [-0.3, -0.25) is 14.5 Å². The molecule has 0 bridgehead atoms. The Kier molecular flexibility index (Phi) is 7.25. The summed E-state index contributed by atoms with van der Waals surface area (Å²) >= 11 is 0. The van der Waals surface area contributed by atoms with Crippen molar-refractivity contribution in [2.45, 2.75) is 19.9 Å². The minimum Gasteiger partial charge on any atom is -1.00 e. The summed E-state index contributed by atoms with van der Waals surface area (Å²) in [6.07, 6.45) is 0. The van der Waals surface area contributed by atoms with Crippen LogP contribution < -0.4 is 27.4 Å². The van der Waals surface area contributed by atoms with E-state index in [1.54, 1.807) is 4.90 Å². The van der Waals surface area contributed by atoms with Gasteiger partial charge in [0.1, 0.15) is 11.8 Å². The monoisotopic (exact) mass is 383 g/mol. The Bertz CT molecular complexity index is 655. The van der Waals surface area contributed by atoms with Gasteiger partial charge in [-0.2, -0.15) is 0 Å². The summed E-state index contributed by atoms with van der Waals surface area (Å²) < 4.78 is 10.9. The molecule has 0 saturated carbocycles. The molecule has 1 atom stereocenters. The van der Waals surface area contributed by atoms with E-state index in [9.17, 15) is 9.59 Å². The average molecular weight is 384 g/mol. The molecular formula is C18H26ClN3O4. The van der Waals surface area contributed by atoms with Crippen LogP contribution in [0.5, 0.6) is 5.75 Å². The fourth-order valence-corrected chi connectivity index (χ4v) is 3.31. The largest absolute Gasteiger partial charge is 1.00 e. The van der Waals surface area contributed by atoms with Crippen molar-refractivity contribution in [1.82, 2.24) is 10.2 Å². The number of anilines is 1. The van der Waals surface area contributed by atoms with Crippen molar-refractivity contribution in [2.24, 2.45) is 0 Å². The molecule has 0 aliphatic carbocycles. The van der Waals surface area contributed by atoms with E-state index in [2.05, 4.69) is 10.2 Å². The zero-order valence-electron chi connectivity index (χ0n) is 16.2. The summed E-state index contributed by atoms with van der Waals surface area (Å²) in [5, 5.41) is 2.77. The molecule has 1 aromatic rings. The fourth-order valence-electron chi connectivity index (χ4n) is 3.31. The predicted molar refractivity (Wildman–Crippen MR) is 94.9 cm³/mol. The first kappa shape index (κ1) is 20.5. The van der Waals surface area contributed by atoms with Crippen molar-refractivity contribution in [3.05, 3.63) is 23.8 Å². The number of hydrogen-bond donors (Lipinski definition) is 1. The van der Waals surface area contributed by atoms with E-state index in [-0.39, 0.29) is 25.6 Å². The predicted octanol–water partition coefficient (Wildman–Crippen LogP) is -1.94. The zero-order valence-corrected chi connectivity index (χ0v) is 15.9. The van der Waals surface area contributed by atoms with E-state index in [1.165, 1.54) is 6.92 Å². The second kappa shape index (κ2) is 9.21. The molecule has 1 fully saturated rings. The number of rotatable bonds is 6. The number of nitrogens with one attached hydrogen (secondary N) is 1. The summed E-state index contributed by atoms with van der Waals surface area (Å²) in [6.45, 7) is 8.50. The van der Waals surface area contributed by atoms with Crippen LogP contribution in [-0.4, -0.2) is 62.7 Å². The lowest BCUT2D eigenvalue weighted by molar-refractivity contribution is -0.126. The highest BCUT2D eigenvalue weighted by molar-refractivity contribution is 6.06. The Labute approximate surface area is 161 Å². The quantitative estimate of drug-likeness (QED) is 0.619. The van der Waals surface area contributed by atoms with Crippen LogP contribution in [-0.2, 0) is 14.3 Å². The van der Waals surface area contributed by atoms with E-state index in [1.807, 2.05) is 25.1 Å². The van der Waals surface area contributed by atoms with Gasteiger partial charge in [0, 0.05) is 44.4 Å². The molecule has 1 unspecified atom stereocenters. The van der Waals surface area contributed by atoms with Gasteiger partial charge in [0.25, 0.3) is 5.91 Å². The summed E-state index contributed by atoms with van der Waals surface area (Å²) in [7, 11) is 0. The molecular weight excluding hydrogens is 358 g/mol. The SMILES string of the molecule is CCOc1ccc2c(c1)C(NC(C)=O)C(=O)N2CCN1CCOCC1.[Cl-].[H+]. The molecule has 26 heavy (non-hydrogen) atoms. The smallest absolute Gasteiger partial charge is 1.00 e. The van der Waals surface area contributed by atoms with Crippen LogP contribution in [0, 0.1) is 0 Å². The Morgan fingerprint density at radius 1 is 1.35 bits per heavy atom. The van der Waals surface area contributed by atoms with Crippen molar-refractivity contribution in [3.63, 3.8) is 0 Å². The van der Waals surface area contributed by atoms with E-state index in [0.29, 0.717) is 18.9 Å². The lowest BCUT2D eigenvalue weighted by atomic mass is 10.1. The van der Waals surface area contributed by atoms with Crippen LogP contribution in [0.4, 0.5) is 5.69 Å². The number of ether oxygens (including phenoxy) is 2. The molecule has 1 aromatic carbocycles. The van der Waals surface area contributed by atoms with Gasteiger partial charge >= 0.3 is 1.43 Å². The van der Waals surface area contributed by atoms with Gasteiger partial charge in [-0.25, -0.2) is 0 Å². The second-order valence-corrected chi connectivity index (χ2v) is 6.23. The molecule has 0 aromatic heterocycles. The van der Waals surface area contributed by atoms with Gasteiger partial charge < -0.3 is 32.1 Å². The van der Waals surface area contributed by atoms with Crippen LogP contribution in [0.3, 0.4) is 0 Å². The van der Waals surface area contributed by atoms with Crippen molar-refractivity contribution in [2.75, 3.05) is 50.9 Å². The summed E-state index contributed by atoms with van der Waals surface area (Å²) in [5.41, 5.74) is 1.65. The number of morpholine rings is 1. The maximum atomic E-state index is 12.9. The van der Waals surface area contributed by atoms with Gasteiger partial charge in [-0.1, -0.05) is 0 Å². The minimum atomic E-state index is -0.641. The normalized spacial score (nSPS) is 19.7. The lowest BCUT2D eigenvalue weighted by Gasteiger charge is -2.28. The molecule has 1 N–H and O–H groups in total. The van der Waals surface area contributed by atoms with Crippen LogP contribution >= 0.6 is 0 Å². The first-order valence-electron chi connectivity index (χ1n) is 8.75. The molecule has 2 aliphatic rings. The second-order valence-electron chi connectivity index (χ2n) is 6.23. The van der Waals surface area contributed by atoms with Crippen molar-refractivity contribution >= 4 is 17.5 Å². The molecule has 3 rings (SSSR count). The van der Waals surface area contributed by atoms with Gasteiger partial charge in [0.05, 0.1) is 19.8 Å². The summed E-state index contributed by atoms with van der Waals surface area (Å²) in [5.74, 6) is 0.396.